The average molecular weight is 476 g/mol. The highest BCUT2D eigenvalue weighted by atomic mass is 79.9. The number of carbonyl (C=O) groups excluding carboxylic acids is 1. The quantitative estimate of drug-likeness (QED) is 0.556. The third-order valence-electron chi connectivity index (χ3n) is 4.66. The highest BCUT2D eigenvalue weighted by Crippen LogP contribution is 2.37. The van der Waals surface area contributed by atoms with Crippen molar-refractivity contribution in [3.8, 4) is 11.3 Å². The second kappa shape index (κ2) is 8.80. The molecule has 3 aromatic rings. The van der Waals surface area contributed by atoms with E-state index in [0.717, 1.165) is 16.8 Å². The number of esters is 1. The fourth-order valence-corrected chi connectivity index (χ4v) is 3.50. The average Bonchev–Trinajstić information content (AvgIpc) is 3.05. The summed E-state index contributed by atoms with van der Waals surface area (Å²) < 4.78 is 6.90. The molecule has 0 fully saturated rings. The van der Waals surface area contributed by atoms with E-state index in [1.165, 1.54) is 0 Å². The molecule has 2 N–H and O–H groups in total. The number of carbonyl (C=O) groups is 1. The molecule has 0 spiro atoms. The number of benzene rings is 2. The third kappa shape index (κ3) is 4.06. The maximum Gasteiger partial charge on any atom is 0.315 e. The van der Waals surface area contributed by atoms with Crippen molar-refractivity contribution < 1.29 is 9.53 Å². The zero-order chi connectivity index (χ0) is 19.7. The fourth-order valence-electron chi connectivity index (χ4n) is 3.38. The first-order valence-corrected chi connectivity index (χ1v) is 9.40. The lowest BCUT2D eigenvalue weighted by molar-refractivity contribution is -0.145. The molecule has 0 saturated carbocycles. The molecule has 0 bridgehead atoms. The maximum atomic E-state index is 12.8. The van der Waals surface area contributed by atoms with Crippen molar-refractivity contribution in [2.45, 2.75) is 19.3 Å². The van der Waals surface area contributed by atoms with Crippen LogP contribution in [0.4, 0.5) is 5.95 Å². The molecular formula is C21H20BrClN4O2. The standard InChI is InChI=1S/C21H19ClN4O2.BrH/c1-2-28-20(27)16-12-17(13-8-10-15(22)11-9-13)25-26-19(16)18(24-21(26)23)14-6-4-3-5-7-14;/h3-11,16H,2,12H2,1H3,(H2,23,24);1H. The van der Waals surface area contributed by atoms with Gasteiger partial charge in [0.2, 0.25) is 5.95 Å². The normalized spacial score (nSPS) is 15.1. The van der Waals surface area contributed by atoms with Gasteiger partial charge in [0, 0.05) is 17.0 Å². The van der Waals surface area contributed by atoms with Crippen LogP contribution in [0.25, 0.3) is 11.3 Å². The second-order valence-corrected chi connectivity index (χ2v) is 6.88. The summed E-state index contributed by atoms with van der Waals surface area (Å²) in [4.78, 5) is 17.3. The number of nitrogen functional groups attached to an aromatic ring is 1. The molecule has 6 nitrogen and oxygen atoms in total. The number of hydrogen-bond acceptors (Lipinski definition) is 5. The monoisotopic (exact) mass is 474 g/mol. The summed E-state index contributed by atoms with van der Waals surface area (Å²) in [7, 11) is 0. The van der Waals surface area contributed by atoms with Crippen LogP contribution in [0.5, 0.6) is 0 Å². The lowest BCUT2D eigenvalue weighted by Gasteiger charge is -2.23. The molecule has 1 aliphatic rings. The van der Waals surface area contributed by atoms with E-state index in [0.29, 0.717) is 29.4 Å². The van der Waals surface area contributed by atoms with E-state index < -0.39 is 5.92 Å². The summed E-state index contributed by atoms with van der Waals surface area (Å²) in [5.41, 5.74) is 9.95. The smallest absolute Gasteiger partial charge is 0.315 e. The van der Waals surface area contributed by atoms with Crippen LogP contribution < -0.4 is 5.73 Å². The van der Waals surface area contributed by atoms with Gasteiger partial charge in [-0.1, -0.05) is 54.1 Å². The Morgan fingerprint density at radius 2 is 1.86 bits per heavy atom. The summed E-state index contributed by atoms with van der Waals surface area (Å²) in [5, 5.41) is 5.31. The van der Waals surface area contributed by atoms with Crippen LogP contribution in [0.15, 0.2) is 59.7 Å². The molecule has 1 unspecified atom stereocenters. The molecule has 8 heteroatoms. The molecule has 1 aliphatic heterocycles. The van der Waals surface area contributed by atoms with Crippen LogP contribution >= 0.6 is 28.6 Å². The van der Waals surface area contributed by atoms with Gasteiger partial charge in [0.1, 0.15) is 5.92 Å². The van der Waals surface area contributed by atoms with Crippen LogP contribution in [-0.4, -0.2) is 27.9 Å². The van der Waals surface area contributed by atoms with Crippen molar-refractivity contribution in [3.05, 3.63) is 70.9 Å². The minimum absolute atomic E-state index is 0. The van der Waals surface area contributed by atoms with E-state index in [-0.39, 0.29) is 28.9 Å². The number of nitrogens with zero attached hydrogens (tertiary/aromatic N) is 3. The molecule has 2 heterocycles. The molecule has 0 amide bonds. The topological polar surface area (TPSA) is 82.5 Å². The number of nitrogens with two attached hydrogens (primary N) is 1. The SMILES string of the molecule is Br.CCOC(=O)C1CC(c2ccc(Cl)cc2)=Nn2c(N)nc(-c3ccccc3)c21. The molecule has 29 heavy (non-hydrogen) atoms. The van der Waals surface area contributed by atoms with Crippen molar-refractivity contribution in [2.75, 3.05) is 12.3 Å². The van der Waals surface area contributed by atoms with Gasteiger partial charge >= 0.3 is 5.97 Å². The van der Waals surface area contributed by atoms with Crippen molar-refractivity contribution >= 4 is 46.2 Å². The third-order valence-corrected chi connectivity index (χ3v) is 4.91. The first kappa shape index (κ1) is 21.1. The lowest BCUT2D eigenvalue weighted by atomic mass is 9.91. The fraction of sp³-hybridized carbons (Fsp3) is 0.190. The van der Waals surface area contributed by atoms with Crippen LogP contribution in [0.2, 0.25) is 5.02 Å². The molecule has 4 rings (SSSR count). The molecular weight excluding hydrogens is 456 g/mol. The number of anilines is 1. The van der Waals surface area contributed by atoms with Gasteiger partial charge in [-0.15, -0.1) is 17.0 Å². The predicted octanol–water partition coefficient (Wildman–Crippen LogP) is 4.67. The minimum atomic E-state index is -0.553. The molecule has 1 aromatic heterocycles. The Kier molecular flexibility index (Phi) is 6.39. The number of fused-ring (bicyclic) bond motifs is 1. The molecule has 0 saturated heterocycles. The number of aromatic nitrogens is 2. The summed E-state index contributed by atoms with van der Waals surface area (Å²) >= 11 is 6.00. The number of halogens is 2. The molecule has 0 radical (unpaired) electrons. The highest BCUT2D eigenvalue weighted by molar-refractivity contribution is 8.93. The van der Waals surface area contributed by atoms with Gasteiger partial charge in [-0.25, -0.2) is 9.66 Å². The minimum Gasteiger partial charge on any atom is -0.465 e. The van der Waals surface area contributed by atoms with Crippen molar-refractivity contribution in [2.24, 2.45) is 5.10 Å². The van der Waals surface area contributed by atoms with Gasteiger partial charge in [0.15, 0.2) is 0 Å². The summed E-state index contributed by atoms with van der Waals surface area (Å²) in [6, 6.07) is 17.0. The van der Waals surface area contributed by atoms with E-state index in [2.05, 4.69) is 10.1 Å². The molecule has 150 valence electrons. The first-order chi connectivity index (χ1) is 13.6. The van der Waals surface area contributed by atoms with Gasteiger partial charge in [-0.2, -0.15) is 5.10 Å². The number of hydrogen-bond donors (Lipinski definition) is 1. The molecule has 1 atom stereocenters. The Bertz CT molecular complexity index is 1050. The Morgan fingerprint density at radius 1 is 1.17 bits per heavy atom. The lowest BCUT2D eigenvalue weighted by Crippen LogP contribution is -2.27. The van der Waals surface area contributed by atoms with E-state index >= 15 is 0 Å². The summed E-state index contributed by atoms with van der Waals surface area (Å²) in [5.74, 6) is -0.639. The highest BCUT2D eigenvalue weighted by Gasteiger charge is 2.36. The van der Waals surface area contributed by atoms with Gasteiger partial charge < -0.3 is 10.5 Å². The Hall–Kier alpha value is -2.64. The molecule has 0 aliphatic carbocycles. The van der Waals surface area contributed by atoms with Crippen LogP contribution in [-0.2, 0) is 9.53 Å². The van der Waals surface area contributed by atoms with Crippen LogP contribution in [0.3, 0.4) is 0 Å². The number of imidazole rings is 1. The summed E-state index contributed by atoms with van der Waals surface area (Å²) in [6.07, 6.45) is 0.394. The van der Waals surface area contributed by atoms with Crippen molar-refractivity contribution in [3.63, 3.8) is 0 Å². The Morgan fingerprint density at radius 3 is 2.52 bits per heavy atom. The van der Waals surface area contributed by atoms with E-state index in [1.54, 1.807) is 23.7 Å². The van der Waals surface area contributed by atoms with Gasteiger partial charge in [0.25, 0.3) is 0 Å². The van der Waals surface area contributed by atoms with E-state index in [1.807, 2.05) is 42.5 Å². The molecule has 2 aromatic carbocycles. The van der Waals surface area contributed by atoms with E-state index in [9.17, 15) is 4.79 Å². The first-order valence-electron chi connectivity index (χ1n) is 9.02. The number of ether oxygens (including phenoxy) is 1. The zero-order valence-electron chi connectivity index (χ0n) is 15.7. The van der Waals surface area contributed by atoms with Gasteiger partial charge in [-0.05, 0) is 24.6 Å². The second-order valence-electron chi connectivity index (χ2n) is 6.44. The van der Waals surface area contributed by atoms with Crippen molar-refractivity contribution in [1.82, 2.24) is 9.66 Å². The Balaban J connectivity index is 0.00000240. The van der Waals surface area contributed by atoms with E-state index in [4.69, 9.17) is 22.1 Å². The van der Waals surface area contributed by atoms with Crippen molar-refractivity contribution in [1.29, 1.82) is 0 Å². The Labute approximate surface area is 184 Å². The zero-order valence-corrected chi connectivity index (χ0v) is 18.2. The van der Waals surface area contributed by atoms with Crippen LogP contribution in [0, 0.1) is 0 Å². The predicted molar refractivity (Wildman–Crippen MR) is 120 cm³/mol. The summed E-state index contributed by atoms with van der Waals surface area (Å²) in [6.45, 7) is 2.09. The van der Waals surface area contributed by atoms with Gasteiger partial charge in [0.05, 0.1) is 23.7 Å². The van der Waals surface area contributed by atoms with Crippen LogP contribution in [0.1, 0.15) is 30.5 Å². The maximum absolute atomic E-state index is 12.8. The number of rotatable bonds is 4. The largest absolute Gasteiger partial charge is 0.465 e. The van der Waals surface area contributed by atoms with Gasteiger partial charge in [-0.3, -0.25) is 4.79 Å².